The summed E-state index contributed by atoms with van der Waals surface area (Å²) in [7, 11) is 0. The predicted molar refractivity (Wildman–Crippen MR) is 76.7 cm³/mol. The van der Waals surface area contributed by atoms with Crippen molar-refractivity contribution in [2.24, 2.45) is 0 Å². The molecule has 0 saturated heterocycles. The fourth-order valence-electron chi connectivity index (χ4n) is 2.13. The van der Waals surface area contributed by atoms with Crippen LogP contribution in [0, 0.1) is 11.3 Å². The van der Waals surface area contributed by atoms with E-state index in [9.17, 15) is 14.9 Å². The van der Waals surface area contributed by atoms with E-state index >= 15 is 0 Å². The Labute approximate surface area is 117 Å². The second kappa shape index (κ2) is 6.44. The Morgan fingerprint density at radius 3 is 2.70 bits per heavy atom. The number of rotatable bonds is 4. The third-order valence-corrected chi connectivity index (χ3v) is 3.12. The van der Waals surface area contributed by atoms with Gasteiger partial charge in [0.05, 0.1) is 11.6 Å². The smallest absolute Gasteiger partial charge is 0.149 e. The van der Waals surface area contributed by atoms with Gasteiger partial charge in [-0.05, 0) is 29.7 Å². The largest absolute Gasteiger partial charge is 0.303 e. The van der Waals surface area contributed by atoms with Crippen LogP contribution in [0.15, 0.2) is 53.6 Å². The average Bonchev–Trinajstić information content (AvgIpc) is 2.70. The van der Waals surface area contributed by atoms with E-state index in [4.69, 9.17) is 0 Å². The van der Waals surface area contributed by atoms with Crippen molar-refractivity contribution in [2.45, 2.75) is 12.8 Å². The number of aldehydes is 2. The highest BCUT2D eigenvalue weighted by Gasteiger charge is 2.10. The molecule has 0 spiro atoms. The topological polar surface area (TPSA) is 57.9 Å². The van der Waals surface area contributed by atoms with Crippen LogP contribution in [0.1, 0.15) is 24.0 Å². The molecule has 2 rings (SSSR count). The van der Waals surface area contributed by atoms with Gasteiger partial charge in [-0.25, -0.2) is 0 Å². The summed E-state index contributed by atoms with van der Waals surface area (Å²) >= 11 is 0. The van der Waals surface area contributed by atoms with Crippen LogP contribution in [-0.2, 0) is 9.59 Å². The number of benzene rings is 1. The molecule has 3 heteroatoms. The molecule has 20 heavy (non-hydrogen) atoms. The highest BCUT2D eigenvalue weighted by Crippen LogP contribution is 2.27. The number of nitrogens with zero attached hydrogens (tertiary/aromatic N) is 1. The minimum atomic E-state index is 0.328. The van der Waals surface area contributed by atoms with Gasteiger partial charge in [0.25, 0.3) is 0 Å². The molecule has 1 aliphatic carbocycles. The van der Waals surface area contributed by atoms with Crippen molar-refractivity contribution in [3.63, 3.8) is 0 Å². The van der Waals surface area contributed by atoms with Crippen molar-refractivity contribution in [1.82, 2.24) is 0 Å². The highest BCUT2D eigenvalue weighted by molar-refractivity contribution is 5.88. The van der Waals surface area contributed by atoms with Crippen LogP contribution in [0.25, 0.3) is 5.57 Å². The summed E-state index contributed by atoms with van der Waals surface area (Å²) in [6, 6.07) is 9.36. The minimum absolute atomic E-state index is 0.328. The van der Waals surface area contributed by atoms with Crippen LogP contribution >= 0.6 is 0 Å². The van der Waals surface area contributed by atoms with E-state index in [1.165, 1.54) is 0 Å². The van der Waals surface area contributed by atoms with Crippen molar-refractivity contribution in [3.05, 3.63) is 64.8 Å². The normalized spacial score (nSPS) is 14.2. The molecule has 1 aliphatic rings. The molecule has 98 valence electrons. The van der Waals surface area contributed by atoms with Gasteiger partial charge in [-0.3, -0.25) is 4.79 Å². The molecule has 0 fully saturated rings. The standard InChI is InChI=1S/C17H13NO2/c18-11-15-3-1-2-4-17(15)16-9-13(7-8-19)5-6-14(10-16)12-20/h1-4,6,8-10,12H,5,7H2. The highest BCUT2D eigenvalue weighted by atomic mass is 16.1. The minimum Gasteiger partial charge on any atom is -0.303 e. The quantitative estimate of drug-likeness (QED) is 0.785. The van der Waals surface area contributed by atoms with Crippen molar-refractivity contribution in [1.29, 1.82) is 5.26 Å². The monoisotopic (exact) mass is 263 g/mol. The Kier molecular flexibility index (Phi) is 4.41. The lowest BCUT2D eigenvalue weighted by Crippen LogP contribution is -1.90. The summed E-state index contributed by atoms with van der Waals surface area (Å²) in [5, 5.41) is 9.17. The maximum absolute atomic E-state index is 11.0. The summed E-state index contributed by atoms with van der Waals surface area (Å²) in [6.07, 6.45) is 7.96. The van der Waals surface area contributed by atoms with E-state index in [1.54, 1.807) is 24.3 Å². The Balaban J connectivity index is 2.55. The van der Waals surface area contributed by atoms with Crippen LogP contribution in [0.2, 0.25) is 0 Å². The Morgan fingerprint density at radius 2 is 2.00 bits per heavy atom. The zero-order chi connectivity index (χ0) is 14.4. The Bertz CT molecular complexity index is 672. The molecule has 0 radical (unpaired) electrons. The molecule has 1 aromatic carbocycles. The number of carbonyl (C=O) groups is 2. The van der Waals surface area contributed by atoms with Crippen molar-refractivity contribution in [3.8, 4) is 6.07 Å². The molecule has 1 aromatic rings. The van der Waals surface area contributed by atoms with Gasteiger partial charge in [-0.15, -0.1) is 0 Å². The Hall–Kier alpha value is -2.73. The molecule has 3 nitrogen and oxygen atoms in total. The zero-order valence-electron chi connectivity index (χ0n) is 10.9. The lowest BCUT2D eigenvalue weighted by molar-refractivity contribution is -0.107. The summed E-state index contributed by atoms with van der Waals surface area (Å²) in [6.45, 7) is 0. The fourth-order valence-corrected chi connectivity index (χ4v) is 2.13. The first-order chi connectivity index (χ1) is 9.78. The predicted octanol–water partition coefficient (Wildman–Crippen LogP) is 2.99. The molecule has 0 saturated carbocycles. The molecule has 0 N–H and O–H groups in total. The molecule has 0 aromatic heterocycles. The molecular weight excluding hydrogens is 250 g/mol. The molecular formula is C17H13NO2. The molecule has 0 heterocycles. The first kappa shape index (κ1) is 13.7. The third kappa shape index (κ3) is 2.99. The van der Waals surface area contributed by atoms with Gasteiger partial charge in [0.2, 0.25) is 0 Å². The number of allylic oxidation sites excluding steroid dienone is 6. The summed E-state index contributed by atoms with van der Waals surface area (Å²) in [4.78, 5) is 21.7. The van der Waals surface area contributed by atoms with Gasteiger partial charge >= 0.3 is 0 Å². The van der Waals surface area contributed by atoms with Gasteiger partial charge in [0, 0.05) is 12.0 Å². The molecule has 0 bridgehead atoms. The molecule has 0 unspecified atom stereocenters. The van der Waals surface area contributed by atoms with Crippen molar-refractivity contribution >= 4 is 18.1 Å². The fraction of sp³-hybridized carbons (Fsp3) is 0.118. The zero-order valence-corrected chi connectivity index (χ0v) is 10.9. The number of carbonyl (C=O) groups excluding carboxylic acids is 2. The van der Waals surface area contributed by atoms with E-state index in [2.05, 4.69) is 6.07 Å². The van der Waals surface area contributed by atoms with Crippen LogP contribution < -0.4 is 0 Å². The molecule has 0 atom stereocenters. The third-order valence-electron chi connectivity index (χ3n) is 3.12. The van der Waals surface area contributed by atoms with Crippen LogP contribution in [0.5, 0.6) is 0 Å². The van der Waals surface area contributed by atoms with E-state index in [0.29, 0.717) is 24.0 Å². The average molecular weight is 263 g/mol. The number of hydrogen-bond donors (Lipinski definition) is 0. The summed E-state index contributed by atoms with van der Waals surface area (Å²) < 4.78 is 0. The lowest BCUT2D eigenvalue weighted by Gasteiger charge is -2.06. The SMILES string of the molecule is N#Cc1ccccc1C1=CC(C=O)=CCC(CC=O)=C1. The summed E-state index contributed by atoms with van der Waals surface area (Å²) in [5.74, 6) is 0. The van der Waals surface area contributed by atoms with Crippen LogP contribution in [0.4, 0.5) is 0 Å². The van der Waals surface area contributed by atoms with Crippen LogP contribution in [0.3, 0.4) is 0 Å². The van der Waals surface area contributed by atoms with Gasteiger partial charge in [-0.2, -0.15) is 5.26 Å². The second-order valence-corrected chi connectivity index (χ2v) is 4.46. The van der Waals surface area contributed by atoms with E-state index in [0.717, 1.165) is 29.3 Å². The second-order valence-electron chi connectivity index (χ2n) is 4.46. The number of hydrogen-bond acceptors (Lipinski definition) is 3. The summed E-state index contributed by atoms with van der Waals surface area (Å²) in [5.41, 5.74) is 3.59. The van der Waals surface area contributed by atoms with Crippen molar-refractivity contribution in [2.75, 3.05) is 0 Å². The lowest BCUT2D eigenvalue weighted by atomic mass is 9.97. The van der Waals surface area contributed by atoms with Gasteiger partial charge in [0.1, 0.15) is 12.6 Å². The maximum atomic E-state index is 11.0. The number of nitriles is 1. The Morgan fingerprint density at radius 1 is 1.20 bits per heavy atom. The van der Waals surface area contributed by atoms with Gasteiger partial charge in [-0.1, -0.05) is 35.9 Å². The molecule has 0 aliphatic heterocycles. The van der Waals surface area contributed by atoms with E-state index in [1.807, 2.05) is 18.2 Å². The first-order valence-corrected chi connectivity index (χ1v) is 6.28. The first-order valence-electron chi connectivity index (χ1n) is 6.28. The van der Waals surface area contributed by atoms with Gasteiger partial charge in [0.15, 0.2) is 0 Å². The molecule has 0 amide bonds. The maximum Gasteiger partial charge on any atom is 0.149 e. The van der Waals surface area contributed by atoms with E-state index < -0.39 is 0 Å². The van der Waals surface area contributed by atoms with Crippen LogP contribution in [-0.4, -0.2) is 12.6 Å². The van der Waals surface area contributed by atoms with E-state index in [-0.39, 0.29) is 0 Å². The van der Waals surface area contributed by atoms with Gasteiger partial charge < -0.3 is 4.79 Å². The van der Waals surface area contributed by atoms with Crippen molar-refractivity contribution < 1.29 is 9.59 Å².